The summed E-state index contributed by atoms with van der Waals surface area (Å²) in [4.78, 5) is 17.9. The number of hydrogen-bond donors (Lipinski definition) is 0. The quantitative estimate of drug-likeness (QED) is 0.174. The molecule has 10 heteroatoms. The lowest BCUT2D eigenvalue weighted by Crippen LogP contribution is -2.26. The summed E-state index contributed by atoms with van der Waals surface area (Å²) in [5.41, 5.74) is 4.40. The molecule has 1 aliphatic carbocycles. The Balaban J connectivity index is 1.87. The van der Waals surface area contributed by atoms with E-state index in [1.54, 1.807) is 24.9 Å². The summed E-state index contributed by atoms with van der Waals surface area (Å²) < 4.78 is 33.5. The van der Waals surface area contributed by atoms with Crippen LogP contribution in [0.1, 0.15) is 66.1 Å². The molecule has 0 bridgehead atoms. The summed E-state index contributed by atoms with van der Waals surface area (Å²) in [6.45, 7) is 12.1. The molecule has 218 valence electrons. The summed E-state index contributed by atoms with van der Waals surface area (Å²) in [7, 11) is -1.48. The van der Waals surface area contributed by atoms with Gasteiger partial charge in [0, 0.05) is 41.4 Å². The van der Waals surface area contributed by atoms with E-state index < -0.39 is 18.1 Å². The Morgan fingerprint density at radius 2 is 1.98 bits per heavy atom. The average Bonchev–Trinajstić information content (AvgIpc) is 3.29. The molecule has 0 amide bonds. The molecule has 0 saturated heterocycles. The molecule has 40 heavy (non-hydrogen) atoms. The second-order valence-electron chi connectivity index (χ2n) is 12.9. The lowest BCUT2D eigenvalue weighted by atomic mass is 9.76. The van der Waals surface area contributed by atoms with E-state index in [0.717, 1.165) is 42.0 Å². The van der Waals surface area contributed by atoms with Crippen molar-refractivity contribution in [1.29, 1.82) is 5.26 Å². The normalized spacial score (nSPS) is 15.6. The fourth-order valence-corrected chi connectivity index (χ4v) is 6.18. The van der Waals surface area contributed by atoms with Crippen LogP contribution in [0.4, 0.5) is 0 Å². The standard InChI is InChI=1S/C30H44N4O4SSi/c1-30(2)13-10-24(11-14-30)27-18-23(12-16-39(36,37)33(3)4)8-9-25(27)19-28(35)29-32-26(20-31)21-34(29)22-38-15-17-40(5,6)7/h8-10,18,21H,11-17,19,22H2,1-7H3. The van der Waals surface area contributed by atoms with Gasteiger partial charge in [0.05, 0.1) is 5.75 Å². The van der Waals surface area contributed by atoms with Gasteiger partial charge < -0.3 is 9.30 Å². The topological polar surface area (TPSA) is 105 Å². The highest BCUT2D eigenvalue weighted by molar-refractivity contribution is 7.89. The number of hydrogen-bond acceptors (Lipinski definition) is 6. The number of imidazole rings is 1. The predicted molar refractivity (Wildman–Crippen MR) is 162 cm³/mol. The van der Waals surface area contributed by atoms with Crippen LogP contribution in [-0.2, 0) is 34.3 Å². The molecule has 0 saturated carbocycles. The van der Waals surface area contributed by atoms with E-state index in [4.69, 9.17) is 4.74 Å². The number of Topliss-reactive ketones (excluding diaryl/α,β-unsaturated/α-hetero) is 1. The molecule has 0 fully saturated rings. The Morgan fingerprint density at radius 1 is 1.25 bits per heavy atom. The van der Waals surface area contributed by atoms with Crippen molar-refractivity contribution in [3.63, 3.8) is 0 Å². The third-order valence-corrected chi connectivity index (χ3v) is 11.0. The number of nitriles is 1. The molecule has 1 aromatic carbocycles. The molecule has 3 rings (SSSR count). The first-order valence-corrected chi connectivity index (χ1v) is 19.2. The van der Waals surface area contributed by atoms with Gasteiger partial charge in [0.15, 0.2) is 11.5 Å². The van der Waals surface area contributed by atoms with E-state index >= 15 is 0 Å². The highest BCUT2D eigenvalue weighted by Gasteiger charge is 2.25. The predicted octanol–water partition coefficient (Wildman–Crippen LogP) is 5.52. The zero-order chi connectivity index (χ0) is 29.7. The smallest absolute Gasteiger partial charge is 0.213 e. The van der Waals surface area contributed by atoms with Gasteiger partial charge in [-0.05, 0) is 59.4 Å². The second kappa shape index (κ2) is 12.9. The maximum atomic E-state index is 13.6. The Bertz CT molecular complexity index is 1400. The minimum absolute atomic E-state index is 0.0237. The van der Waals surface area contributed by atoms with E-state index in [0.29, 0.717) is 13.0 Å². The molecule has 1 aromatic heterocycles. The number of aromatic nitrogens is 2. The fourth-order valence-electron chi connectivity index (χ4n) is 4.57. The molecule has 0 unspecified atom stereocenters. The van der Waals surface area contributed by atoms with Gasteiger partial charge in [0.25, 0.3) is 0 Å². The van der Waals surface area contributed by atoms with Crippen molar-refractivity contribution in [2.45, 2.75) is 78.4 Å². The minimum atomic E-state index is -3.32. The van der Waals surface area contributed by atoms with E-state index in [2.05, 4.69) is 44.5 Å². The van der Waals surface area contributed by atoms with Crippen molar-refractivity contribution in [2.75, 3.05) is 26.5 Å². The number of rotatable bonds is 13. The number of allylic oxidation sites excluding steroid dienone is 2. The van der Waals surface area contributed by atoms with Crippen molar-refractivity contribution in [2.24, 2.45) is 5.41 Å². The van der Waals surface area contributed by atoms with Crippen LogP contribution in [0.25, 0.3) is 5.57 Å². The molecule has 0 aliphatic heterocycles. The molecule has 1 heterocycles. The van der Waals surface area contributed by atoms with E-state index in [-0.39, 0.29) is 41.6 Å². The number of ether oxygens (including phenoxy) is 1. The van der Waals surface area contributed by atoms with Crippen molar-refractivity contribution >= 4 is 29.5 Å². The van der Waals surface area contributed by atoms with Crippen LogP contribution < -0.4 is 0 Å². The lowest BCUT2D eigenvalue weighted by Gasteiger charge is -2.29. The SMILES string of the molecule is CN(C)S(=O)(=O)CCc1ccc(CC(=O)c2nc(C#N)cn2COCC[Si](C)(C)C)c(C2=CCC(C)(C)CC2)c1. The number of carbonyl (C=O) groups is 1. The number of carbonyl (C=O) groups excluding carboxylic acids is 1. The van der Waals surface area contributed by atoms with Crippen LogP contribution >= 0.6 is 0 Å². The Hall–Kier alpha value is -2.58. The second-order valence-corrected chi connectivity index (χ2v) is 20.8. The Kier molecular flexibility index (Phi) is 10.3. The van der Waals surface area contributed by atoms with Crippen LogP contribution in [0.3, 0.4) is 0 Å². The highest BCUT2D eigenvalue weighted by atomic mass is 32.2. The molecule has 0 spiro atoms. The maximum absolute atomic E-state index is 13.6. The van der Waals surface area contributed by atoms with Crippen molar-refractivity contribution in [3.05, 3.63) is 58.7 Å². The summed E-state index contributed by atoms with van der Waals surface area (Å²) in [5, 5.41) is 9.43. The van der Waals surface area contributed by atoms with Crippen molar-refractivity contribution in [1.82, 2.24) is 13.9 Å². The van der Waals surface area contributed by atoms with Crippen molar-refractivity contribution in [3.8, 4) is 6.07 Å². The first-order valence-electron chi connectivity index (χ1n) is 13.9. The third kappa shape index (κ3) is 8.96. The maximum Gasteiger partial charge on any atom is 0.213 e. The number of benzene rings is 1. The first-order chi connectivity index (χ1) is 18.6. The van der Waals surface area contributed by atoms with Crippen LogP contribution in [0, 0.1) is 16.7 Å². The number of nitrogens with zero attached hydrogens (tertiary/aromatic N) is 4. The van der Waals surface area contributed by atoms with Gasteiger partial charge in [0.1, 0.15) is 12.8 Å². The van der Waals surface area contributed by atoms with Gasteiger partial charge in [0.2, 0.25) is 15.8 Å². The van der Waals surface area contributed by atoms with Crippen molar-refractivity contribution < 1.29 is 17.9 Å². The molecular weight excluding hydrogens is 541 g/mol. The molecule has 0 radical (unpaired) electrons. The zero-order valence-electron chi connectivity index (χ0n) is 25.1. The number of sulfonamides is 1. The molecule has 1 aliphatic rings. The molecule has 2 aromatic rings. The highest BCUT2D eigenvalue weighted by Crippen LogP contribution is 2.39. The molecule has 0 atom stereocenters. The van der Waals surface area contributed by atoms with E-state index in [1.165, 1.54) is 9.88 Å². The van der Waals surface area contributed by atoms with Gasteiger partial charge >= 0.3 is 0 Å². The lowest BCUT2D eigenvalue weighted by molar-refractivity contribution is 0.0799. The van der Waals surface area contributed by atoms with Crippen LogP contribution in [0.15, 0.2) is 30.5 Å². The van der Waals surface area contributed by atoms with Crippen LogP contribution in [0.2, 0.25) is 25.7 Å². The number of ketones is 1. The fraction of sp³-hybridized carbons (Fsp3) is 0.567. The summed E-state index contributed by atoms with van der Waals surface area (Å²) in [6.07, 6.45) is 7.23. The largest absolute Gasteiger partial charge is 0.361 e. The summed E-state index contributed by atoms with van der Waals surface area (Å²) in [6, 6.07) is 8.95. The summed E-state index contributed by atoms with van der Waals surface area (Å²) in [5.74, 6) is 0.0576. The average molecular weight is 585 g/mol. The zero-order valence-corrected chi connectivity index (χ0v) is 26.9. The Morgan fingerprint density at radius 3 is 2.58 bits per heavy atom. The minimum Gasteiger partial charge on any atom is -0.361 e. The van der Waals surface area contributed by atoms with Gasteiger partial charge in [-0.1, -0.05) is 57.8 Å². The van der Waals surface area contributed by atoms with E-state index in [9.17, 15) is 18.5 Å². The monoisotopic (exact) mass is 584 g/mol. The van der Waals surface area contributed by atoms with Gasteiger partial charge in [-0.15, -0.1) is 0 Å². The first kappa shape index (κ1) is 31.9. The molecule has 0 N–H and O–H groups in total. The van der Waals surface area contributed by atoms with Gasteiger partial charge in [-0.25, -0.2) is 17.7 Å². The van der Waals surface area contributed by atoms with Crippen LogP contribution in [-0.4, -0.2) is 62.6 Å². The molecular formula is C30H44N4O4SSi. The van der Waals surface area contributed by atoms with Crippen LogP contribution in [0.5, 0.6) is 0 Å². The van der Waals surface area contributed by atoms with Gasteiger partial charge in [-0.3, -0.25) is 4.79 Å². The van der Waals surface area contributed by atoms with Gasteiger partial charge in [-0.2, -0.15) is 5.26 Å². The van der Waals surface area contributed by atoms with E-state index in [1.807, 2.05) is 24.3 Å². The summed E-state index contributed by atoms with van der Waals surface area (Å²) >= 11 is 0. The number of aryl methyl sites for hydroxylation is 1. The molecule has 8 nitrogen and oxygen atoms in total. The third-order valence-electron chi connectivity index (χ3n) is 7.42. The Labute approximate surface area is 241 Å².